The predicted octanol–water partition coefficient (Wildman–Crippen LogP) is -0.485. The maximum atomic E-state index is 12.7. The van der Waals surface area contributed by atoms with E-state index in [0.29, 0.717) is 39.4 Å². The van der Waals surface area contributed by atoms with E-state index in [1.807, 2.05) is 4.90 Å². The highest BCUT2D eigenvalue weighted by atomic mass is 32.2. The van der Waals surface area contributed by atoms with Crippen LogP contribution in [-0.2, 0) is 19.6 Å². The van der Waals surface area contributed by atoms with E-state index in [9.17, 15) is 18.3 Å². The van der Waals surface area contributed by atoms with Gasteiger partial charge in [-0.1, -0.05) is 0 Å². The lowest BCUT2D eigenvalue weighted by Crippen LogP contribution is -2.54. The number of hydrogen-bond acceptors (Lipinski definition) is 5. The molecule has 1 amide bonds. The van der Waals surface area contributed by atoms with Crippen molar-refractivity contribution in [1.82, 2.24) is 9.21 Å². The molecule has 3 aliphatic heterocycles. The van der Waals surface area contributed by atoms with Crippen molar-refractivity contribution in [3.05, 3.63) is 0 Å². The summed E-state index contributed by atoms with van der Waals surface area (Å²) in [6.45, 7) is 3.04. The van der Waals surface area contributed by atoms with E-state index < -0.39 is 15.4 Å². The maximum absolute atomic E-state index is 12.7. The van der Waals surface area contributed by atoms with Gasteiger partial charge in [0.1, 0.15) is 0 Å². The van der Waals surface area contributed by atoms with Gasteiger partial charge in [-0.25, -0.2) is 12.7 Å². The largest absolute Gasteiger partial charge is 0.396 e. The van der Waals surface area contributed by atoms with Gasteiger partial charge in [0.2, 0.25) is 15.9 Å². The zero-order valence-electron chi connectivity index (χ0n) is 13.6. The first-order valence-electron chi connectivity index (χ1n) is 8.28. The number of ether oxygens (including phenoxy) is 1. The van der Waals surface area contributed by atoms with E-state index in [1.54, 1.807) is 0 Å². The summed E-state index contributed by atoms with van der Waals surface area (Å²) in [4.78, 5) is 14.6. The molecule has 3 aliphatic rings. The van der Waals surface area contributed by atoms with Crippen molar-refractivity contribution < 1.29 is 23.1 Å². The Morgan fingerprint density at radius 1 is 1.26 bits per heavy atom. The molecule has 8 heteroatoms. The lowest BCUT2D eigenvalue weighted by Gasteiger charge is -2.44. The molecule has 3 rings (SSSR count). The van der Waals surface area contributed by atoms with Crippen molar-refractivity contribution in [2.75, 3.05) is 52.3 Å². The number of amides is 1. The molecule has 7 nitrogen and oxygen atoms in total. The zero-order chi connectivity index (χ0) is 16.7. The van der Waals surface area contributed by atoms with Gasteiger partial charge in [0.05, 0.1) is 12.9 Å². The van der Waals surface area contributed by atoms with E-state index in [1.165, 1.54) is 10.6 Å². The zero-order valence-corrected chi connectivity index (χ0v) is 14.4. The fourth-order valence-corrected chi connectivity index (χ4v) is 5.15. The second-order valence-corrected chi connectivity index (χ2v) is 9.19. The summed E-state index contributed by atoms with van der Waals surface area (Å²) < 4.78 is 30.5. The first-order valence-corrected chi connectivity index (χ1v) is 10.1. The number of carbonyl (C=O) groups excluding carboxylic acids is 1. The van der Waals surface area contributed by atoms with Gasteiger partial charge >= 0.3 is 0 Å². The average molecular weight is 346 g/mol. The minimum absolute atomic E-state index is 0.00320. The molecule has 0 aliphatic carbocycles. The Morgan fingerprint density at radius 3 is 2.57 bits per heavy atom. The number of hydrogen-bond donors (Lipinski definition) is 1. The lowest BCUT2D eigenvalue weighted by atomic mass is 9.73. The van der Waals surface area contributed by atoms with Crippen molar-refractivity contribution >= 4 is 15.9 Å². The van der Waals surface area contributed by atoms with Crippen LogP contribution >= 0.6 is 0 Å². The minimum Gasteiger partial charge on any atom is -0.396 e. The fraction of sp³-hybridized carbons (Fsp3) is 0.933. The number of rotatable bonds is 3. The van der Waals surface area contributed by atoms with Crippen LogP contribution in [0.3, 0.4) is 0 Å². The maximum Gasteiger partial charge on any atom is 0.225 e. The molecule has 0 bridgehead atoms. The van der Waals surface area contributed by atoms with Crippen LogP contribution in [0.5, 0.6) is 0 Å². The Labute approximate surface area is 137 Å². The molecule has 0 spiro atoms. The molecule has 0 radical (unpaired) electrons. The van der Waals surface area contributed by atoms with Crippen molar-refractivity contribution in [1.29, 1.82) is 0 Å². The number of fused-ring (bicyclic) bond motifs is 1. The number of aliphatic hydroxyl groups excluding tert-OH is 1. The molecular formula is C15H26N2O5S. The standard InChI is InChI=1S/C15H26N2O5S/c1-23(20,21)17-8-13-2-5-16(9-15(13,10-17)11-18)14(19)12-3-6-22-7-4-12/h12-13,18H,2-11H2,1H3/t13-,15+/m0/s1. The fourth-order valence-electron chi connectivity index (χ4n) is 4.20. The number of piperidine rings is 1. The average Bonchev–Trinajstić information content (AvgIpc) is 2.94. The van der Waals surface area contributed by atoms with Crippen LogP contribution in [0.25, 0.3) is 0 Å². The highest BCUT2D eigenvalue weighted by Crippen LogP contribution is 2.43. The second-order valence-electron chi connectivity index (χ2n) is 7.21. The third kappa shape index (κ3) is 3.26. The summed E-state index contributed by atoms with van der Waals surface area (Å²) in [6, 6.07) is 0. The third-order valence-corrected chi connectivity index (χ3v) is 6.92. The summed E-state index contributed by atoms with van der Waals surface area (Å²) in [7, 11) is -3.26. The molecule has 0 aromatic rings. The van der Waals surface area contributed by atoms with Crippen LogP contribution < -0.4 is 0 Å². The van der Waals surface area contributed by atoms with Crippen LogP contribution in [0.15, 0.2) is 0 Å². The van der Waals surface area contributed by atoms with Crippen LogP contribution in [0.1, 0.15) is 19.3 Å². The number of likely N-dealkylation sites (tertiary alicyclic amines) is 1. The van der Waals surface area contributed by atoms with Gasteiger partial charge in [-0.15, -0.1) is 0 Å². The van der Waals surface area contributed by atoms with Crippen LogP contribution in [0.2, 0.25) is 0 Å². The molecule has 132 valence electrons. The van der Waals surface area contributed by atoms with E-state index in [2.05, 4.69) is 0 Å². The quantitative estimate of drug-likeness (QED) is 0.745. The highest BCUT2D eigenvalue weighted by molar-refractivity contribution is 7.88. The summed E-state index contributed by atoms with van der Waals surface area (Å²) >= 11 is 0. The molecule has 3 fully saturated rings. The predicted molar refractivity (Wildman–Crippen MR) is 84.2 cm³/mol. The number of sulfonamides is 1. The second kappa shape index (κ2) is 6.31. The molecular weight excluding hydrogens is 320 g/mol. The Hall–Kier alpha value is -0.700. The van der Waals surface area contributed by atoms with Gasteiger partial charge in [-0.05, 0) is 25.2 Å². The molecule has 23 heavy (non-hydrogen) atoms. The smallest absolute Gasteiger partial charge is 0.225 e. The Bertz CT molecular complexity index is 560. The Balaban J connectivity index is 1.73. The molecule has 1 N–H and O–H groups in total. The number of carbonyl (C=O) groups is 1. The number of aliphatic hydroxyl groups is 1. The van der Waals surface area contributed by atoms with Crippen molar-refractivity contribution in [3.8, 4) is 0 Å². The third-order valence-electron chi connectivity index (χ3n) is 5.70. The molecule has 0 saturated carbocycles. The molecule has 2 atom stereocenters. The molecule has 0 aromatic heterocycles. The van der Waals surface area contributed by atoms with Crippen molar-refractivity contribution in [3.63, 3.8) is 0 Å². The summed E-state index contributed by atoms with van der Waals surface area (Å²) in [6.07, 6.45) is 3.46. The van der Waals surface area contributed by atoms with Crippen LogP contribution in [-0.4, -0.2) is 80.9 Å². The Kier molecular flexibility index (Phi) is 4.70. The van der Waals surface area contributed by atoms with Gasteiger partial charge in [-0.2, -0.15) is 0 Å². The van der Waals surface area contributed by atoms with E-state index in [-0.39, 0.29) is 24.3 Å². The van der Waals surface area contributed by atoms with E-state index in [4.69, 9.17) is 4.74 Å². The van der Waals surface area contributed by atoms with E-state index in [0.717, 1.165) is 19.3 Å². The topological polar surface area (TPSA) is 87.2 Å². The molecule has 3 heterocycles. The molecule has 3 saturated heterocycles. The van der Waals surface area contributed by atoms with Crippen LogP contribution in [0.4, 0.5) is 0 Å². The van der Waals surface area contributed by atoms with Crippen molar-refractivity contribution in [2.45, 2.75) is 19.3 Å². The summed E-state index contributed by atoms with van der Waals surface area (Å²) in [5.74, 6) is 0.266. The van der Waals surface area contributed by atoms with Gasteiger partial charge in [0, 0.05) is 50.7 Å². The van der Waals surface area contributed by atoms with E-state index >= 15 is 0 Å². The molecule has 0 aromatic carbocycles. The van der Waals surface area contributed by atoms with Gasteiger partial charge in [0.25, 0.3) is 0 Å². The normalized spacial score (nSPS) is 33.7. The van der Waals surface area contributed by atoms with Crippen LogP contribution in [0, 0.1) is 17.3 Å². The number of nitrogens with zero attached hydrogens (tertiary/aromatic N) is 2. The minimum atomic E-state index is -3.26. The summed E-state index contributed by atoms with van der Waals surface area (Å²) in [5, 5.41) is 9.97. The van der Waals surface area contributed by atoms with Crippen molar-refractivity contribution in [2.24, 2.45) is 17.3 Å². The van der Waals surface area contributed by atoms with Gasteiger partial charge < -0.3 is 14.7 Å². The summed E-state index contributed by atoms with van der Waals surface area (Å²) in [5.41, 5.74) is -0.512. The monoisotopic (exact) mass is 346 g/mol. The first-order chi connectivity index (χ1) is 10.9. The first kappa shape index (κ1) is 17.1. The Morgan fingerprint density at radius 2 is 1.96 bits per heavy atom. The SMILES string of the molecule is CS(=O)(=O)N1C[C@@H]2CCN(C(=O)C3CCOCC3)C[C@]2(CO)C1. The van der Waals surface area contributed by atoms with Gasteiger partial charge in [0.15, 0.2) is 0 Å². The lowest BCUT2D eigenvalue weighted by molar-refractivity contribution is -0.143. The molecule has 0 unspecified atom stereocenters. The van der Waals surface area contributed by atoms with Gasteiger partial charge in [-0.3, -0.25) is 4.79 Å². The highest BCUT2D eigenvalue weighted by Gasteiger charge is 2.52.